The third kappa shape index (κ3) is 4.00. The van der Waals surface area contributed by atoms with Gasteiger partial charge < -0.3 is 50.0 Å². The van der Waals surface area contributed by atoms with E-state index in [0.29, 0.717) is 5.76 Å². The zero-order valence-electron chi connectivity index (χ0n) is 23.4. The van der Waals surface area contributed by atoms with Gasteiger partial charge in [0.2, 0.25) is 11.4 Å². The Morgan fingerprint density at radius 3 is 2.45 bits per heavy atom. The first kappa shape index (κ1) is 29.2. The number of carboxylic acids is 1. The van der Waals surface area contributed by atoms with Crippen LogP contribution in [0.2, 0.25) is 0 Å². The minimum atomic E-state index is -3.40. The van der Waals surface area contributed by atoms with E-state index in [4.69, 9.17) is 14.2 Å². The third-order valence-corrected chi connectivity index (χ3v) is 8.57. The summed E-state index contributed by atoms with van der Waals surface area (Å²) in [6, 6.07) is 10.0. The van der Waals surface area contributed by atoms with E-state index in [0.717, 1.165) is 17.2 Å². The van der Waals surface area contributed by atoms with Gasteiger partial charge in [0.05, 0.1) is 11.1 Å². The van der Waals surface area contributed by atoms with Crippen LogP contribution in [-0.2, 0) is 30.3 Å². The highest BCUT2D eigenvalue weighted by Gasteiger charge is 2.71. The molecule has 1 aliphatic heterocycles. The lowest BCUT2D eigenvalue weighted by Crippen LogP contribution is -2.72. The van der Waals surface area contributed by atoms with Crippen LogP contribution in [0.5, 0.6) is 11.5 Å². The number of aromatic hydroxyl groups is 1. The Balaban J connectivity index is 1.38. The second-order valence-electron chi connectivity index (χ2n) is 11.7. The molecule has 1 saturated carbocycles. The average molecular weight is 609 g/mol. The van der Waals surface area contributed by atoms with Crippen molar-refractivity contribution in [1.82, 2.24) is 0 Å². The zero-order chi connectivity index (χ0) is 31.9. The number of aliphatic hydroxyl groups excluding tert-OH is 2. The number of carbonyl (C=O) groups excluding carboxylic acids is 2. The minimum absolute atomic E-state index is 0.0360. The van der Waals surface area contributed by atoms with Gasteiger partial charge in [-0.15, -0.1) is 0 Å². The van der Waals surface area contributed by atoms with Crippen molar-refractivity contribution in [3.8, 4) is 11.5 Å². The lowest BCUT2D eigenvalue weighted by molar-refractivity contribution is -0.200. The SMILES string of the molecule is CC(C)c1cccc(C2=COC(Oc3ccc(O)c4c3C[C@]3(O)C[C@]5(O)CC(=O)C(C(=O)O)=C(O)[C@]5(O)C(=O)C3=C4O)O2)c1. The molecule has 1 unspecified atom stereocenters. The molecular weight excluding hydrogens is 580 g/mol. The van der Waals surface area contributed by atoms with Crippen molar-refractivity contribution in [2.24, 2.45) is 0 Å². The van der Waals surface area contributed by atoms with Gasteiger partial charge in [-0.3, -0.25) is 9.59 Å². The van der Waals surface area contributed by atoms with E-state index in [2.05, 4.69) is 0 Å². The Labute approximate surface area is 249 Å². The number of phenolic OH excluding ortho intramolecular Hbond substituents is 1. The number of hydrogen-bond donors (Lipinski definition) is 7. The van der Waals surface area contributed by atoms with E-state index in [1.165, 1.54) is 12.3 Å². The molecule has 0 amide bonds. The number of aliphatic carboxylic acids is 1. The highest BCUT2D eigenvalue weighted by atomic mass is 16.9. The average Bonchev–Trinajstić information content (AvgIpc) is 3.40. The molecule has 44 heavy (non-hydrogen) atoms. The molecule has 1 fully saturated rings. The van der Waals surface area contributed by atoms with E-state index in [-0.39, 0.29) is 22.8 Å². The molecule has 13 heteroatoms. The molecule has 0 spiro atoms. The zero-order valence-corrected chi connectivity index (χ0v) is 23.4. The number of carbonyl (C=O) groups is 3. The summed E-state index contributed by atoms with van der Waals surface area (Å²) < 4.78 is 17.2. The topological polar surface area (TPSA) is 221 Å². The van der Waals surface area contributed by atoms with Crippen molar-refractivity contribution < 1.29 is 64.3 Å². The molecule has 4 aliphatic rings. The molecule has 0 radical (unpaired) electrons. The van der Waals surface area contributed by atoms with Gasteiger partial charge in [-0.1, -0.05) is 32.0 Å². The molecule has 6 rings (SSSR count). The number of hydrogen-bond acceptors (Lipinski definition) is 12. The van der Waals surface area contributed by atoms with Crippen molar-refractivity contribution in [2.45, 2.75) is 62.3 Å². The quantitative estimate of drug-likeness (QED) is 0.242. The van der Waals surface area contributed by atoms with Crippen molar-refractivity contribution in [3.63, 3.8) is 0 Å². The Hall–Kier alpha value is -4.85. The van der Waals surface area contributed by atoms with E-state index in [1.54, 1.807) is 0 Å². The predicted octanol–water partition coefficient (Wildman–Crippen LogP) is 2.08. The molecule has 0 aromatic heterocycles. The van der Waals surface area contributed by atoms with E-state index in [9.17, 15) is 50.1 Å². The fraction of sp³-hybridized carbons (Fsp3) is 0.323. The summed E-state index contributed by atoms with van der Waals surface area (Å²) in [5.41, 5.74) is -9.56. The van der Waals surface area contributed by atoms with Crippen molar-refractivity contribution in [1.29, 1.82) is 0 Å². The maximum atomic E-state index is 13.7. The lowest BCUT2D eigenvalue weighted by Gasteiger charge is -2.53. The summed E-state index contributed by atoms with van der Waals surface area (Å²) >= 11 is 0. The van der Waals surface area contributed by atoms with Crippen LogP contribution in [0.25, 0.3) is 11.5 Å². The normalized spacial score (nSPS) is 29.4. The van der Waals surface area contributed by atoms with Crippen LogP contribution in [0.3, 0.4) is 0 Å². The summed E-state index contributed by atoms with van der Waals surface area (Å²) in [6.45, 7) is 2.75. The molecule has 230 valence electrons. The van der Waals surface area contributed by atoms with Crippen molar-refractivity contribution in [2.75, 3.05) is 0 Å². The number of rotatable bonds is 5. The molecular formula is C31H28O13. The summed E-state index contributed by atoms with van der Waals surface area (Å²) in [7, 11) is 0. The molecule has 7 N–H and O–H groups in total. The lowest BCUT2D eigenvalue weighted by atomic mass is 9.55. The number of Topliss-reactive ketones (excluding diaryl/α,β-unsaturated/α-hetero) is 2. The van der Waals surface area contributed by atoms with Crippen LogP contribution in [0.15, 0.2) is 59.6 Å². The van der Waals surface area contributed by atoms with Crippen LogP contribution in [0, 0.1) is 0 Å². The maximum absolute atomic E-state index is 13.7. The summed E-state index contributed by atoms with van der Waals surface area (Å²) in [4.78, 5) is 37.9. The number of benzene rings is 2. The monoisotopic (exact) mass is 608 g/mol. The van der Waals surface area contributed by atoms with Crippen molar-refractivity contribution >= 4 is 29.1 Å². The number of ether oxygens (including phenoxy) is 3. The van der Waals surface area contributed by atoms with E-state index in [1.807, 2.05) is 38.1 Å². The number of ketones is 2. The largest absolute Gasteiger partial charge is 0.508 e. The number of aliphatic hydroxyl groups is 5. The third-order valence-electron chi connectivity index (χ3n) is 8.57. The summed E-state index contributed by atoms with van der Waals surface area (Å²) in [6.07, 6.45) is -1.37. The van der Waals surface area contributed by atoms with Gasteiger partial charge in [-0.2, -0.15) is 0 Å². The summed E-state index contributed by atoms with van der Waals surface area (Å²) in [5, 5.41) is 76.4. The molecule has 2 aromatic rings. The highest BCUT2D eigenvalue weighted by Crippen LogP contribution is 2.56. The Morgan fingerprint density at radius 2 is 1.77 bits per heavy atom. The highest BCUT2D eigenvalue weighted by molar-refractivity contribution is 6.22. The molecule has 0 saturated heterocycles. The second kappa shape index (κ2) is 9.58. The fourth-order valence-corrected chi connectivity index (χ4v) is 6.39. The van der Waals surface area contributed by atoms with Gasteiger partial charge in [0.15, 0.2) is 17.3 Å². The molecule has 2 aromatic carbocycles. The molecule has 13 nitrogen and oxygen atoms in total. The Bertz CT molecular complexity index is 1750. The minimum Gasteiger partial charge on any atom is -0.508 e. The van der Waals surface area contributed by atoms with Crippen LogP contribution < -0.4 is 4.74 Å². The molecule has 1 heterocycles. The fourth-order valence-electron chi connectivity index (χ4n) is 6.39. The van der Waals surface area contributed by atoms with Gasteiger partial charge in [0.1, 0.15) is 40.3 Å². The van der Waals surface area contributed by atoms with Gasteiger partial charge in [0.25, 0.3) is 0 Å². The number of fused-ring (bicyclic) bond motifs is 3. The molecule has 4 atom stereocenters. The molecule has 3 aliphatic carbocycles. The van der Waals surface area contributed by atoms with Crippen molar-refractivity contribution in [3.05, 3.63) is 81.8 Å². The van der Waals surface area contributed by atoms with Crippen LogP contribution in [0.4, 0.5) is 0 Å². The Morgan fingerprint density at radius 1 is 1.05 bits per heavy atom. The van der Waals surface area contributed by atoms with Crippen LogP contribution in [-0.4, -0.2) is 76.6 Å². The number of phenols is 1. The summed E-state index contributed by atoms with van der Waals surface area (Å²) in [5.74, 6) is -7.51. The van der Waals surface area contributed by atoms with Gasteiger partial charge in [-0.05, 0) is 29.7 Å². The molecule has 0 bridgehead atoms. The first-order chi connectivity index (χ1) is 20.6. The maximum Gasteiger partial charge on any atom is 0.406 e. The van der Waals surface area contributed by atoms with Gasteiger partial charge >= 0.3 is 12.4 Å². The Kier molecular flexibility index (Phi) is 6.36. The second-order valence-corrected chi connectivity index (χ2v) is 11.7. The first-order valence-electron chi connectivity index (χ1n) is 13.6. The van der Waals surface area contributed by atoms with E-state index >= 15 is 0 Å². The first-order valence-corrected chi connectivity index (χ1v) is 13.6. The van der Waals surface area contributed by atoms with Crippen LogP contribution in [0.1, 0.15) is 54.9 Å². The van der Waals surface area contributed by atoms with Gasteiger partial charge in [-0.25, -0.2) is 4.79 Å². The van der Waals surface area contributed by atoms with E-state index < -0.39 is 88.5 Å². The smallest absolute Gasteiger partial charge is 0.406 e. The van der Waals surface area contributed by atoms with Crippen LogP contribution >= 0.6 is 0 Å². The predicted molar refractivity (Wildman–Crippen MR) is 148 cm³/mol. The standard InChI is InChI=1S/C31H28O13/c1-13(2)14-4-3-5-15(8-14)20-11-42-28(44-20)43-19-7-6-17(32)21-16(19)9-29(39)12-30(40)10-18(33)22(27(37)38)25(35)31(30,41)26(36)23(29)24(21)34/h3-8,11,13,28,32,34-35,39-41H,9-10,12H2,1-2H3,(H,37,38)/t28?,29-,30+,31-/m0/s1. The van der Waals surface area contributed by atoms with Gasteiger partial charge in [0, 0.05) is 30.4 Å². The number of carboxylic acid groups (broad SMARTS) is 1.